The molecule has 0 unspecified atom stereocenters. The molecule has 128 valence electrons. The molecule has 1 aromatic heterocycles. The SMILES string of the molecule is CN(C)[C@H](CNC(=O)COc1ccccc1[N+](=O)[O-])c1ccco1. The van der Waals surface area contributed by atoms with Crippen molar-refractivity contribution in [3.8, 4) is 5.75 Å². The number of hydrogen-bond donors (Lipinski definition) is 1. The van der Waals surface area contributed by atoms with Crippen LogP contribution in [0.25, 0.3) is 0 Å². The van der Waals surface area contributed by atoms with Crippen LogP contribution in [0, 0.1) is 10.1 Å². The summed E-state index contributed by atoms with van der Waals surface area (Å²) >= 11 is 0. The number of nitrogens with one attached hydrogen (secondary N) is 1. The third-order valence-corrected chi connectivity index (χ3v) is 3.41. The number of carbonyl (C=O) groups is 1. The molecule has 2 rings (SSSR count). The third-order valence-electron chi connectivity index (χ3n) is 3.41. The van der Waals surface area contributed by atoms with Gasteiger partial charge in [-0.25, -0.2) is 0 Å². The average molecular weight is 333 g/mol. The average Bonchev–Trinajstić information content (AvgIpc) is 3.07. The quantitative estimate of drug-likeness (QED) is 0.586. The lowest BCUT2D eigenvalue weighted by Gasteiger charge is -2.22. The number of carbonyl (C=O) groups excluding carboxylic acids is 1. The van der Waals surface area contributed by atoms with Gasteiger partial charge in [0, 0.05) is 12.6 Å². The number of hydrogen-bond acceptors (Lipinski definition) is 6. The van der Waals surface area contributed by atoms with Crippen molar-refractivity contribution in [2.24, 2.45) is 0 Å². The molecule has 1 aromatic carbocycles. The number of likely N-dealkylation sites (N-methyl/N-ethyl adjacent to an activating group) is 1. The summed E-state index contributed by atoms with van der Waals surface area (Å²) in [5, 5.41) is 13.6. The topological polar surface area (TPSA) is 97.9 Å². The number of amides is 1. The van der Waals surface area contributed by atoms with E-state index >= 15 is 0 Å². The van der Waals surface area contributed by atoms with Gasteiger partial charge in [-0.15, -0.1) is 0 Å². The molecule has 1 atom stereocenters. The molecule has 0 saturated carbocycles. The Balaban J connectivity index is 1.89. The maximum atomic E-state index is 11.9. The first-order chi connectivity index (χ1) is 11.5. The van der Waals surface area contributed by atoms with Crippen LogP contribution in [-0.2, 0) is 4.79 Å². The second-order valence-electron chi connectivity index (χ2n) is 5.31. The molecule has 0 spiro atoms. The molecule has 0 aliphatic rings. The molecule has 2 aromatic rings. The minimum absolute atomic E-state index is 0.0628. The summed E-state index contributed by atoms with van der Waals surface area (Å²) < 4.78 is 10.6. The van der Waals surface area contributed by atoms with Crippen molar-refractivity contribution in [2.45, 2.75) is 6.04 Å². The molecule has 24 heavy (non-hydrogen) atoms. The van der Waals surface area contributed by atoms with Gasteiger partial charge in [-0.2, -0.15) is 0 Å². The van der Waals surface area contributed by atoms with Crippen molar-refractivity contribution in [3.05, 3.63) is 58.5 Å². The Labute approximate surface area is 139 Å². The molecule has 0 saturated heterocycles. The maximum Gasteiger partial charge on any atom is 0.310 e. The monoisotopic (exact) mass is 333 g/mol. The van der Waals surface area contributed by atoms with Gasteiger partial charge >= 0.3 is 5.69 Å². The minimum Gasteiger partial charge on any atom is -0.477 e. The van der Waals surface area contributed by atoms with E-state index < -0.39 is 4.92 Å². The fraction of sp³-hybridized carbons (Fsp3) is 0.312. The van der Waals surface area contributed by atoms with Crippen molar-refractivity contribution in [2.75, 3.05) is 27.2 Å². The van der Waals surface area contributed by atoms with Crippen LogP contribution in [0.15, 0.2) is 47.1 Å². The largest absolute Gasteiger partial charge is 0.477 e. The standard InChI is InChI=1S/C16H19N3O5/c1-18(2)13(15-8-5-9-23-15)10-17-16(20)11-24-14-7-4-3-6-12(14)19(21)22/h3-9,13H,10-11H2,1-2H3,(H,17,20)/t13-/m1/s1. The molecule has 0 radical (unpaired) electrons. The van der Waals surface area contributed by atoms with Crippen LogP contribution in [0.1, 0.15) is 11.8 Å². The van der Waals surface area contributed by atoms with E-state index in [-0.39, 0.29) is 30.0 Å². The van der Waals surface area contributed by atoms with Crippen molar-refractivity contribution >= 4 is 11.6 Å². The summed E-state index contributed by atoms with van der Waals surface area (Å²) in [6.07, 6.45) is 1.57. The summed E-state index contributed by atoms with van der Waals surface area (Å²) in [4.78, 5) is 24.2. The fourth-order valence-corrected chi connectivity index (χ4v) is 2.15. The van der Waals surface area contributed by atoms with Gasteiger partial charge in [-0.3, -0.25) is 19.8 Å². The predicted molar refractivity (Wildman–Crippen MR) is 86.7 cm³/mol. The van der Waals surface area contributed by atoms with Crippen LogP contribution < -0.4 is 10.1 Å². The fourth-order valence-electron chi connectivity index (χ4n) is 2.15. The van der Waals surface area contributed by atoms with Crippen LogP contribution in [0.2, 0.25) is 0 Å². The zero-order valence-electron chi connectivity index (χ0n) is 13.5. The van der Waals surface area contributed by atoms with Crippen LogP contribution in [0.4, 0.5) is 5.69 Å². The molecule has 0 fully saturated rings. The Hall–Kier alpha value is -2.87. The minimum atomic E-state index is -0.549. The highest BCUT2D eigenvalue weighted by Crippen LogP contribution is 2.25. The zero-order valence-corrected chi connectivity index (χ0v) is 13.5. The molecule has 1 N–H and O–H groups in total. The van der Waals surface area contributed by atoms with Crippen LogP contribution in [0.5, 0.6) is 5.75 Å². The lowest BCUT2D eigenvalue weighted by atomic mass is 10.2. The first kappa shape index (κ1) is 17.5. The van der Waals surface area contributed by atoms with Gasteiger partial charge in [0.25, 0.3) is 5.91 Å². The summed E-state index contributed by atoms with van der Waals surface area (Å²) in [6, 6.07) is 9.43. The summed E-state index contributed by atoms with van der Waals surface area (Å²) in [5.74, 6) is 0.430. The van der Waals surface area contributed by atoms with Gasteiger partial charge < -0.3 is 14.5 Å². The van der Waals surface area contributed by atoms with Gasteiger partial charge in [0.1, 0.15) is 5.76 Å². The zero-order chi connectivity index (χ0) is 17.5. The first-order valence-electron chi connectivity index (χ1n) is 7.31. The van der Waals surface area contributed by atoms with Gasteiger partial charge in [-0.1, -0.05) is 12.1 Å². The maximum absolute atomic E-state index is 11.9. The van der Waals surface area contributed by atoms with E-state index in [2.05, 4.69) is 5.32 Å². The highest BCUT2D eigenvalue weighted by molar-refractivity contribution is 5.77. The third kappa shape index (κ3) is 4.56. The Bertz CT molecular complexity index is 685. The highest BCUT2D eigenvalue weighted by atomic mass is 16.6. The van der Waals surface area contributed by atoms with Crippen LogP contribution in [0.3, 0.4) is 0 Å². The second-order valence-corrected chi connectivity index (χ2v) is 5.31. The van der Waals surface area contributed by atoms with Crippen molar-refractivity contribution in [1.82, 2.24) is 10.2 Å². The number of benzene rings is 1. The number of ether oxygens (including phenoxy) is 1. The molecule has 0 aliphatic heterocycles. The van der Waals surface area contributed by atoms with E-state index in [1.807, 2.05) is 25.1 Å². The summed E-state index contributed by atoms with van der Waals surface area (Å²) in [7, 11) is 3.76. The van der Waals surface area contributed by atoms with Gasteiger partial charge in [0.15, 0.2) is 12.4 Å². The van der Waals surface area contributed by atoms with Gasteiger partial charge in [0.05, 0.1) is 17.2 Å². The lowest BCUT2D eigenvalue weighted by Crippen LogP contribution is -2.36. The Kier molecular flexibility index (Phi) is 5.91. The number of furan rings is 1. The van der Waals surface area contributed by atoms with Crippen molar-refractivity contribution in [1.29, 1.82) is 0 Å². The lowest BCUT2D eigenvalue weighted by molar-refractivity contribution is -0.385. The number of rotatable bonds is 8. The Morgan fingerprint density at radius 3 is 2.71 bits per heavy atom. The van der Waals surface area contributed by atoms with Crippen molar-refractivity contribution in [3.63, 3.8) is 0 Å². The molecular formula is C16H19N3O5. The Morgan fingerprint density at radius 2 is 2.08 bits per heavy atom. The van der Waals surface area contributed by atoms with Gasteiger partial charge in [0.2, 0.25) is 0 Å². The number of nitro groups is 1. The van der Waals surface area contributed by atoms with E-state index in [0.29, 0.717) is 6.54 Å². The second kappa shape index (κ2) is 8.11. The molecular weight excluding hydrogens is 314 g/mol. The van der Waals surface area contributed by atoms with E-state index in [1.165, 1.54) is 18.2 Å². The van der Waals surface area contributed by atoms with Gasteiger partial charge in [-0.05, 0) is 32.3 Å². The van der Waals surface area contributed by atoms with E-state index in [0.717, 1.165) is 5.76 Å². The van der Waals surface area contributed by atoms with E-state index in [9.17, 15) is 14.9 Å². The molecule has 1 heterocycles. The van der Waals surface area contributed by atoms with E-state index in [1.54, 1.807) is 18.4 Å². The number of para-hydroxylation sites is 2. The Morgan fingerprint density at radius 1 is 1.33 bits per heavy atom. The predicted octanol–water partition coefficient (Wildman–Crippen LogP) is 1.99. The summed E-state index contributed by atoms with van der Waals surface area (Å²) in [6.45, 7) is 0.0305. The van der Waals surface area contributed by atoms with Crippen LogP contribution >= 0.6 is 0 Å². The number of nitrogens with zero attached hydrogens (tertiary/aromatic N) is 2. The van der Waals surface area contributed by atoms with E-state index in [4.69, 9.17) is 9.15 Å². The highest BCUT2D eigenvalue weighted by Gasteiger charge is 2.19. The molecule has 1 amide bonds. The van der Waals surface area contributed by atoms with Crippen molar-refractivity contribution < 1.29 is 18.9 Å². The smallest absolute Gasteiger partial charge is 0.310 e. The number of nitro benzene ring substituents is 1. The molecule has 8 nitrogen and oxygen atoms in total. The summed E-state index contributed by atoms with van der Waals surface area (Å²) in [5.41, 5.74) is -0.174. The van der Waals surface area contributed by atoms with Crippen LogP contribution in [-0.4, -0.2) is 43.0 Å². The first-order valence-corrected chi connectivity index (χ1v) is 7.31. The normalized spacial score (nSPS) is 12.0. The molecule has 0 bridgehead atoms. The molecule has 0 aliphatic carbocycles. The molecule has 8 heteroatoms.